The van der Waals surface area contributed by atoms with Crippen molar-refractivity contribution in [3.63, 3.8) is 0 Å². The number of benzene rings is 1. The van der Waals surface area contributed by atoms with Crippen molar-refractivity contribution in [2.45, 2.75) is 52.8 Å². The zero-order valence-electron chi connectivity index (χ0n) is 14.2. The second-order valence-corrected chi connectivity index (χ2v) is 6.77. The molecule has 1 rings (SSSR count). The summed E-state index contributed by atoms with van der Waals surface area (Å²) >= 11 is 0. The smallest absolute Gasteiger partial charge is 0.411 e. The lowest BCUT2D eigenvalue weighted by atomic mass is 10.0. The molecular formula is C17H24FNO4. The van der Waals surface area contributed by atoms with Crippen molar-refractivity contribution in [2.75, 3.05) is 0 Å². The number of nitrogens with zero attached hydrogens (tertiary/aromatic N) is 1. The van der Waals surface area contributed by atoms with E-state index < -0.39 is 29.5 Å². The largest absolute Gasteiger partial charge is 0.480 e. The fraction of sp³-hybridized carbons (Fsp3) is 0.529. The summed E-state index contributed by atoms with van der Waals surface area (Å²) in [6.45, 7) is 8.49. The fourth-order valence-electron chi connectivity index (χ4n) is 2.21. The Kier molecular flexibility index (Phi) is 6.12. The molecule has 1 N–H and O–H groups in total. The molecule has 23 heavy (non-hydrogen) atoms. The second-order valence-electron chi connectivity index (χ2n) is 6.77. The standard InChI is InChI=1S/C17H24FNO4/c1-11(2)14(15(20)21)19(16(22)23-17(3,4)5)10-12-7-6-8-13(18)9-12/h6-9,11,14H,10H2,1-5H3,(H,20,21). The van der Waals surface area contributed by atoms with E-state index in [1.165, 1.54) is 18.2 Å². The van der Waals surface area contributed by atoms with Crippen LogP contribution in [0.4, 0.5) is 9.18 Å². The number of carbonyl (C=O) groups is 2. The molecule has 0 saturated heterocycles. The zero-order chi connectivity index (χ0) is 17.8. The number of carboxylic acids is 1. The molecule has 128 valence electrons. The van der Waals surface area contributed by atoms with E-state index in [1.54, 1.807) is 40.7 Å². The van der Waals surface area contributed by atoms with Gasteiger partial charge >= 0.3 is 12.1 Å². The Hall–Kier alpha value is -2.11. The first kappa shape index (κ1) is 18.9. The number of aliphatic carboxylic acids is 1. The highest BCUT2D eigenvalue weighted by molar-refractivity contribution is 5.80. The monoisotopic (exact) mass is 325 g/mol. The number of halogens is 1. The van der Waals surface area contributed by atoms with Gasteiger partial charge in [0.1, 0.15) is 17.5 Å². The lowest BCUT2D eigenvalue weighted by Gasteiger charge is -2.33. The van der Waals surface area contributed by atoms with Crippen LogP contribution < -0.4 is 0 Å². The molecule has 1 amide bonds. The SMILES string of the molecule is CC(C)C(C(=O)O)N(Cc1cccc(F)c1)C(=O)OC(C)(C)C. The van der Waals surface area contributed by atoms with Gasteiger partial charge < -0.3 is 9.84 Å². The normalized spacial score (nSPS) is 12.8. The van der Waals surface area contributed by atoms with Crippen LogP contribution in [0.5, 0.6) is 0 Å². The number of rotatable bonds is 5. The molecule has 1 atom stereocenters. The molecule has 0 saturated carbocycles. The van der Waals surface area contributed by atoms with E-state index in [-0.39, 0.29) is 12.5 Å². The third-order valence-corrected chi connectivity index (χ3v) is 3.09. The topological polar surface area (TPSA) is 66.8 Å². The van der Waals surface area contributed by atoms with Crippen molar-refractivity contribution in [1.82, 2.24) is 4.90 Å². The third-order valence-electron chi connectivity index (χ3n) is 3.09. The highest BCUT2D eigenvalue weighted by Gasteiger charge is 2.35. The molecule has 0 bridgehead atoms. The lowest BCUT2D eigenvalue weighted by Crippen LogP contribution is -2.49. The highest BCUT2D eigenvalue weighted by Crippen LogP contribution is 2.20. The first-order chi connectivity index (χ1) is 10.5. The number of carboxylic acid groups (broad SMARTS) is 1. The minimum Gasteiger partial charge on any atom is -0.480 e. The minimum atomic E-state index is -1.12. The van der Waals surface area contributed by atoms with Gasteiger partial charge in [-0.1, -0.05) is 26.0 Å². The van der Waals surface area contributed by atoms with Crippen LogP contribution in [0.2, 0.25) is 0 Å². The van der Waals surface area contributed by atoms with Gasteiger partial charge in [0.25, 0.3) is 0 Å². The highest BCUT2D eigenvalue weighted by atomic mass is 19.1. The predicted molar refractivity (Wildman–Crippen MR) is 84.4 cm³/mol. The van der Waals surface area contributed by atoms with Crippen LogP contribution in [-0.2, 0) is 16.1 Å². The van der Waals surface area contributed by atoms with Crippen LogP contribution in [0.1, 0.15) is 40.2 Å². The Morgan fingerprint density at radius 3 is 2.35 bits per heavy atom. The van der Waals surface area contributed by atoms with Crippen molar-refractivity contribution in [3.8, 4) is 0 Å². The number of hydrogen-bond donors (Lipinski definition) is 1. The summed E-state index contributed by atoms with van der Waals surface area (Å²) in [5.41, 5.74) is -0.250. The van der Waals surface area contributed by atoms with Gasteiger partial charge in [-0.15, -0.1) is 0 Å². The van der Waals surface area contributed by atoms with Crippen LogP contribution in [0.3, 0.4) is 0 Å². The number of hydrogen-bond acceptors (Lipinski definition) is 3. The van der Waals surface area contributed by atoms with Gasteiger partial charge in [-0.3, -0.25) is 4.90 Å². The van der Waals surface area contributed by atoms with E-state index in [0.717, 1.165) is 4.90 Å². The lowest BCUT2D eigenvalue weighted by molar-refractivity contribution is -0.145. The Morgan fingerprint density at radius 2 is 1.91 bits per heavy atom. The van der Waals surface area contributed by atoms with Crippen molar-refractivity contribution >= 4 is 12.1 Å². The summed E-state index contributed by atoms with van der Waals surface area (Å²) in [5.74, 6) is -1.89. The van der Waals surface area contributed by atoms with Crippen molar-refractivity contribution in [1.29, 1.82) is 0 Å². The molecule has 1 aromatic rings. The Bertz CT molecular complexity index is 566. The van der Waals surface area contributed by atoms with Crippen LogP contribution >= 0.6 is 0 Å². The van der Waals surface area contributed by atoms with Gasteiger partial charge in [0.2, 0.25) is 0 Å². The first-order valence-corrected chi connectivity index (χ1v) is 7.48. The van der Waals surface area contributed by atoms with Crippen LogP contribution in [0.25, 0.3) is 0 Å². The molecule has 0 aliphatic carbocycles. The number of ether oxygens (including phenoxy) is 1. The molecule has 0 aliphatic rings. The molecular weight excluding hydrogens is 301 g/mol. The molecule has 0 spiro atoms. The molecule has 1 unspecified atom stereocenters. The Labute approximate surface area is 136 Å². The zero-order valence-corrected chi connectivity index (χ0v) is 14.2. The van der Waals surface area contributed by atoms with Crippen LogP contribution in [-0.4, -0.2) is 33.7 Å². The maximum absolute atomic E-state index is 13.4. The molecule has 6 heteroatoms. The third kappa shape index (κ3) is 5.88. The maximum Gasteiger partial charge on any atom is 0.411 e. The summed E-state index contributed by atoms with van der Waals surface area (Å²) < 4.78 is 18.7. The van der Waals surface area contributed by atoms with Gasteiger partial charge in [-0.25, -0.2) is 14.0 Å². The molecule has 0 aromatic heterocycles. The summed E-state index contributed by atoms with van der Waals surface area (Å²) in [7, 11) is 0. The van der Waals surface area contributed by atoms with Crippen LogP contribution in [0.15, 0.2) is 24.3 Å². The maximum atomic E-state index is 13.4. The average molecular weight is 325 g/mol. The van der Waals surface area contributed by atoms with Gasteiger partial charge in [-0.2, -0.15) is 0 Å². The van der Waals surface area contributed by atoms with Crippen molar-refractivity contribution < 1.29 is 23.8 Å². The van der Waals surface area contributed by atoms with Crippen molar-refractivity contribution in [2.24, 2.45) is 5.92 Å². The molecule has 0 heterocycles. The van der Waals surface area contributed by atoms with E-state index in [4.69, 9.17) is 4.74 Å². The number of carbonyl (C=O) groups excluding carboxylic acids is 1. The van der Waals surface area contributed by atoms with E-state index >= 15 is 0 Å². The van der Waals surface area contributed by atoms with Gasteiger partial charge in [0.15, 0.2) is 0 Å². The van der Waals surface area contributed by atoms with Crippen molar-refractivity contribution in [3.05, 3.63) is 35.6 Å². The predicted octanol–water partition coefficient (Wildman–Crippen LogP) is 3.67. The Morgan fingerprint density at radius 1 is 1.30 bits per heavy atom. The van der Waals surface area contributed by atoms with E-state index in [1.807, 2.05) is 0 Å². The number of amides is 1. The summed E-state index contributed by atoms with van der Waals surface area (Å²) in [5, 5.41) is 9.47. The minimum absolute atomic E-state index is 0.0399. The molecule has 0 aliphatic heterocycles. The summed E-state index contributed by atoms with van der Waals surface area (Å²) in [4.78, 5) is 25.2. The second kappa shape index (κ2) is 7.44. The quantitative estimate of drug-likeness (QED) is 0.897. The van der Waals surface area contributed by atoms with E-state index in [0.29, 0.717) is 5.56 Å². The first-order valence-electron chi connectivity index (χ1n) is 7.48. The van der Waals surface area contributed by atoms with Crippen LogP contribution in [0, 0.1) is 11.7 Å². The molecule has 5 nitrogen and oxygen atoms in total. The van der Waals surface area contributed by atoms with E-state index in [2.05, 4.69) is 0 Å². The molecule has 0 radical (unpaired) electrons. The molecule has 0 fully saturated rings. The van der Waals surface area contributed by atoms with E-state index in [9.17, 15) is 19.1 Å². The van der Waals surface area contributed by atoms with Gasteiger partial charge in [-0.05, 0) is 44.4 Å². The van der Waals surface area contributed by atoms with Gasteiger partial charge in [0, 0.05) is 0 Å². The fourth-order valence-corrected chi connectivity index (χ4v) is 2.21. The average Bonchev–Trinajstić information content (AvgIpc) is 2.34. The van der Waals surface area contributed by atoms with Gasteiger partial charge in [0.05, 0.1) is 6.54 Å². The molecule has 1 aromatic carbocycles. The summed E-state index contributed by atoms with van der Waals surface area (Å²) in [6, 6.07) is 4.66. The summed E-state index contributed by atoms with van der Waals surface area (Å²) in [6.07, 6.45) is -0.733. The Balaban J connectivity index is 3.14.